The minimum atomic E-state index is 0.778. The van der Waals surface area contributed by atoms with Crippen molar-refractivity contribution in [3.63, 3.8) is 0 Å². The predicted molar refractivity (Wildman–Crippen MR) is 63.1 cm³/mol. The van der Waals surface area contributed by atoms with Crippen LogP contribution in [0.3, 0.4) is 0 Å². The van der Waals surface area contributed by atoms with E-state index in [1.54, 1.807) is 0 Å². The average molecular weight is 194 g/mol. The molecule has 1 aliphatic heterocycles. The molecule has 1 fully saturated rings. The molecular formula is C12H18S. The number of hydrogen-bond acceptors (Lipinski definition) is 1. The zero-order chi connectivity index (χ0) is 9.68. The van der Waals surface area contributed by atoms with Crippen LogP contribution in [-0.4, -0.2) is 10.5 Å². The van der Waals surface area contributed by atoms with Crippen LogP contribution in [0.2, 0.25) is 0 Å². The predicted octanol–water partition coefficient (Wildman–Crippen LogP) is 3.81. The van der Waals surface area contributed by atoms with Crippen molar-refractivity contribution in [1.29, 1.82) is 0 Å². The smallest absolute Gasteiger partial charge is 0.0126 e. The van der Waals surface area contributed by atoms with Crippen molar-refractivity contribution < 1.29 is 0 Å². The molecule has 0 aliphatic carbocycles. The molecule has 1 rings (SSSR count). The molecule has 1 heterocycles. The summed E-state index contributed by atoms with van der Waals surface area (Å²) in [5.74, 6) is 0.804. The highest BCUT2D eigenvalue weighted by atomic mass is 32.2. The molecule has 72 valence electrons. The van der Waals surface area contributed by atoms with Crippen molar-refractivity contribution >= 4 is 11.8 Å². The Morgan fingerprint density at radius 2 is 1.31 bits per heavy atom. The molecule has 0 aromatic rings. The molecular weight excluding hydrogens is 176 g/mol. The van der Waals surface area contributed by atoms with Gasteiger partial charge in [-0.15, -0.1) is 19.7 Å². The molecule has 0 saturated carbocycles. The van der Waals surface area contributed by atoms with Crippen molar-refractivity contribution in [1.82, 2.24) is 0 Å². The van der Waals surface area contributed by atoms with E-state index < -0.39 is 0 Å². The van der Waals surface area contributed by atoms with Crippen LogP contribution in [0, 0.1) is 5.92 Å². The highest BCUT2D eigenvalue weighted by Crippen LogP contribution is 2.48. The van der Waals surface area contributed by atoms with E-state index in [2.05, 4.69) is 31.5 Å². The minimum absolute atomic E-state index is 0.778. The van der Waals surface area contributed by atoms with Crippen LogP contribution >= 0.6 is 11.8 Å². The van der Waals surface area contributed by atoms with Crippen LogP contribution in [0.4, 0.5) is 0 Å². The van der Waals surface area contributed by atoms with Gasteiger partial charge in [-0.2, -0.15) is 11.8 Å². The molecule has 0 spiro atoms. The van der Waals surface area contributed by atoms with Gasteiger partial charge in [0.2, 0.25) is 0 Å². The molecule has 0 radical (unpaired) electrons. The highest BCUT2D eigenvalue weighted by Gasteiger charge is 2.38. The first-order valence-electron chi connectivity index (χ1n) is 4.81. The molecule has 0 nitrogen and oxygen atoms in total. The Balaban J connectivity index is 2.40. The van der Waals surface area contributed by atoms with Gasteiger partial charge in [0, 0.05) is 10.5 Å². The Morgan fingerprint density at radius 3 is 1.69 bits per heavy atom. The normalized spacial score (nSPS) is 31.8. The van der Waals surface area contributed by atoms with Crippen molar-refractivity contribution in [3.8, 4) is 0 Å². The second kappa shape index (κ2) is 5.33. The van der Waals surface area contributed by atoms with Crippen molar-refractivity contribution in [2.45, 2.75) is 29.8 Å². The number of allylic oxidation sites excluding steroid dienone is 3. The molecule has 13 heavy (non-hydrogen) atoms. The first-order valence-corrected chi connectivity index (χ1v) is 5.76. The summed E-state index contributed by atoms with van der Waals surface area (Å²) in [7, 11) is 0. The van der Waals surface area contributed by atoms with E-state index >= 15 is 0 Å². The van der Waals surface area contributed by atoms with Crippen LogP contribution in [0.1, 0.15) is 19.3 Å². The highest BCUT2D eigenvalue weighted by molar-refractivity contribution is 8.01. The second-order valence-corrected chi connectivity index (χ2v) is 4.93. The summed E-state index contributed by atoms with van der Waals surface area (Å²) < 4.78 is 0. The third-order valence-corrected chi connectivity index (χ3v) is 4.32. The summed E-state index contributed by atoms with van der Waals surface area (Å²) in [4.78, 5) is 0. The molecule has 2 atom stereocenters. The summed E-state index contributed by atoms with van der Waals surface area (Å²) in [5.41, 5.74) is 0. The zero-order valence-electron chi connectivity index (χ0n) is 8.11. The summed E-state index contributed by atoms with van der Waals surface area (Å²) in [6.45, 7) is 11.4. The van der Waals surface area contributed by atoms with Gasteiger partial charge in [0.1, 0.15) is 0 Å². The Kier molecular flexibility index (Phi) is 4.37. The minimum Gasteiger partial charge on any atom is -0.154 e. The summed E-state index contributed by atoms with van der Waals surface area (Å²) in [5, 5.41) is 1.56. The van der Waals surface area contributed by atoms with E-state index in [0.29, 0.717) is 0 Å². The number of hydrogen-bond donors (Lipinski definition) is 0. The average Bonchev–Trinajstić information content (AvgIpc) is 2.13. The second-order valence-electron chi connectivity index (χ2n) is 3.45. The fraction of sp³-hybridized carbons (Fsp3) is 0.500. The Bertz CT molecular complexity index is 179. The molecule has 0 aromatic heterocycles. The summed E-state index contributed by atoms with van der Waals surface area (Å²) in [6.07, 6.45) is 9.50. The molecule has 0 bridgehead atoms. The van der Waals surface area contributed by atoms with Gasteiger partial charge in [-0.05, 0) is 25.2 Å². The topological polar surface area (TPSA) is 0 Å². The fourth-order valence-corrected chi connectivity index (χ4v) is 3.54. The van der Waals surface area contributed by atoms with Crippen LogP contribution in [0.25, 0.3) is 0 Å². The molecule has 1 aliphatic rings. The van der Waals surface area contributed by atoms with E-state index in [0.717, 1.165) is 35.7 Å². The van der Waals surface area contributed by atoms with Crippen LogP contribution in [0.5, 0.6) is 0 Å². The lowest BCUT2D eigenvalue weighted by molar-refractivity contribution is 0.446. The zero-order valence-corrected chi connectivity index (χ0v) is 8.93. The van der Waals surface area contributed by atoms with E-state index in [9.17, 15) is 0 Å². The van der Waals surface area contributed by atoms with Crippen molar-refractivity contribution in [2.75, 3.05) is 0 Å². The van der Waals surface area contributed by atoms with Gasteiger partial charge in [0.25, 0.3) is 0 Å². The lowest BCUT2D eigenvalue weighted by Crippen LogP contribution is -2.38. The fourth-order valence-electron chi connectivity index (χ4n) is 1.86. The third kappa shape index (κ3) is 2.50. The van der Waals surface area contributed by atoms with E-state index in [4.69, 9.17) is 0 Å². The molecule has 0 aromatic carbocycles. The van der Waals surface area contributed by atoms with Gasteiger partial charge >= 0.3 is 0 Å². The first kappa shape index (κ1) is 10.6. The van der Waals surface area contributed by atoms with Crippen LogP contribution in [0.15, 0.2) is 38.0 Å². The van der Waals surface area contributed by atoms with Gasteiger partial charge < -0.3 is 0 Å². The molecule has 2 unspecified atom stereocenters. The van der Waals surface area contributed by atoms with E-state index in [1.165, 1.54) is 0 Å². The SMILES string of the molecule is C=CCC1SC(CC=C)C1CC=C. The molecule has 1 heteroatoms. The lowest BCUT2D eigenvalue weighted by Gasteiger charge is -2.43. The number of thioether (sulfide) groups is 1. The van der Waals surface area contributed by atoms with Gasteiger partial charge in [-0.25, -0.2) is 0 Å². The van der Waals surface area contributed by atoms with Crippen molar-refractivity contribution in [3.05, 3.63) is 38.0 Å². The number of rotatable bonds is 6. The first-order chi connectivity index (χ1) is 6.33. The van der Waals surface area contributed by atoms with Crippen molar-refractivity contribution in [2.24, 2.45) is 5.92 Å². The van der Waals surface area contributed by atoms with Gasteiger partial charge in [0.05, 0.1) is 0 Å². The largest absolute Gasteiger partial charge is 0.154 e. The van der Waals surface area contributed by atoms with Crippen LogP contribution in [-0.2, 0) is 0 Å². The maximum absolute atomic E-state index is 3.81. The maximum Gasteiger partial charge on any atom is 0.0126 e. The van der Waals surface area contributed by atoms with E-state index in [-0.39, 0.29) is 0 Å². The lowest BCUT2D eigenvalue weighted by atomic mass is 9.91. The van der Waals surface area contributed by atoms with Gasteiger partial charge in [-0.1, -0.05) is 18.2 Å². The van der Waals surface area contributed by atoms with Gasteiger partial charge in [0.15, 0.2) is 0 Å². The van der Waals surface area contributed by atoms with Crippen LogP contribution < -0.4 is 0 Å². The molecule has 0 N–H and O–H groups in total. The Labute approximate surface area is 85.8 Å². The standard InChI is InChI=1S/C12H18S/c1-4-7-10-11(8-5-2)13-12(10)9-6-3/h4-6,10-12H,1-3,7-9H2. The Morgan fingerprint density at radius 1 is 0.846 bits per heavy atom. The van der Waals surface area contributed by atoms with E-state index in [1.807, 2.05) is 18.2 Å². The monoisotopic (exact) mass is 194 g/mol. The third-order valence-electron chi connectivity index (χ3n) is 2.54. The molecule has 0 amide bonds. The quantitative estimate of drug-likeness (QED) is 0.579. The maximum atomic E-state index is 3.81. The summed E-state index contributed by atoms with van der Waals surface area (Å²) >= 11 is 2.08. The summed E-state index contributed by atoms with van der Waals surface area (Å²) in [6, 6.07) is 0. The molecule has 1 saturated heterocycles. The van der Waals surface area contributed by atoms with Gasteiger partial charge in [-0.3, -0.25) is 0 Å². The Hall–Kier alpha value is -0.430.